The van der Waals surface area contributed by atoms with Crippen LogP contribution in [0.2, 0.25) is 0 Å². The van der Waals surface area contributed by atoms with Gasteiger partial charge in [0.2, 0.25) is 5.91 Å². The minimum Gasteiger partial charge on any atom is -0.489 e. The molecule has 8 nitrogen and oxygen atoms in total. The summed E-state index contributed by atoms with van der Waals surface area (Å²) < 4.78 is 5.75. The maximum Gasteiger partial charge on any atom is 0.305 e. The Balaban J connectivity index is 1.59. The summed E-state index contributed by atoms with van der Waals surface area (Å²) in [6, 6.07) is 16.5. The molecule has 0 saturated carbocycles. The first-order chi connectivity index (χ1) is 14.0. The Bertz CT molecular complexity index is 1030. The third-order valence-corrected chi connectivity index (χ3v) is 4.88. The van der Waals surface area contributed by atoms with Crippen LogP contribution in [0, 0.1) is 11.3 Å². The molecule has 1 aliphatic rings. The number of aliphatic carboxylic acids is 1. The Morgan fingerprint density at radius 1 is 1.31 bits per heavy atom. The van der Waals surface area contributed by atoms with Crippen LogP contribution in [0.1, 0.15) is 23.1 Å². The zero-order chi connectivity index (χ0) is 20.6. The fraction of sp³-hybridized carbons (Fsp3) is 0.150. The molecule has 2 aromatic carbocycles. The van der Waals surface area contributed by atoms with Crippen molar-refractivity contribution < 1.29 is 19.4 Å². The number of hydrogen-bond donors (Lipinski definition) is 2. The van der Waals surface area contributed by atoms with Gasteiger partial charge in [-0.1, -0.05) is 36.0 Å². The summed E-state index contributed by atoms with van der Waals surface area (Å²) in [5, 5.41) is 27.7. The molecule has 3 rings (SSSR count). The lowest BCUT2D eigenvalue weighted by molar-refractivity contribution is -0.138. The summed E-state index contributed by atoms with van der Waals surface area (Å²) in [5.74, 6) is -0.796. The third kappa shape index (κ3) is 5.92. The summed E-state index contributed by atoms with van der Waals surface area (Å²) in [7, 11) is 0. The highest BCUT2D eigenvalue weighted by Gasteiger charge is 2.32. The van der Waals surface area contributed by atoms with E-state index < -0.39 is 11.2 Å². The van der Waals surface area contributed by atoms with Gasteiger partial charge in [-0.05, 0) is 35.4 Å². The molecule has 1 aliphatic heterocycles. The smallest absolute Gasteiger partial charge is 0.305 e. The first-order valence-electron chi connectivity index (χ1n) is 8.56. The van der Waals surface area contributed by atoms with Crippen molar-refractivity contribution in [2.45, 2.75) is 18.3 Å². The molecule has 0 aromatic heterocycles. The monoisotopic (exact) mass is 408 g/mol. The summed E-state index contributed by atoms with van der Waals surface area (Å²) in [6.45, 7) is 0.325. The summed E-state index contributed by atoms with van der Waals surface area (Å²) >= 11 is 1.04. The molecule has 9 heteroatoms. The second-order valence-electron chi connectivity index (χ2n) is 6.02. The SMILES string of the molecule is N#Cc1cccc(COc2cccc(C=NN=C3NC(=O)C(CC(=O)O)S3)c2)c1. The van der Waals surface area contributed by atoms with Crippen molar-refractivity contribution >= 4 is 35.0 Å². The van der Waals surface area contributed by atoms with E-state index in [9.17, 15) is 9.59 Å². The number of nitrogens with one attached hydrogen (secondary N) is 1. The predicted octanol–water partition coefficient (Wildman–Crippen LogP) is 2.53. The molecule has 0 spiro atoms. The lowest BCUT2D eigenvalue weighted by Gasteiger charge is -2.07. The number of hydrogen-bond acceptors (Lipinski definition) is 7. The number of benzene rings is 2. The van der Waals surface area contributed by atoms with Gasteiger partial charge in [0.05, 0.1) is 24.3 Å². The van der Waals surface area contributed by atoms with E-state index in [2.05, 4.69) is 21.6 Å². The third-order valence-electron chi connectivity index (χ3n) is 3.81. The van der Waals surface area contributed by atoms with Crippen molar-refractivity contribution in [2.24, 2.45) is 10.2 Å². The largest absolute Gasteiger partial charge is 0.489 e. The van der Waals surface area contributed by atoms with E-state index in [-0.39, 0.29) is 17.5 Å². The van der Waals surface area contributed by atoms with Crippen molar-refractivity contribution in [2.75, 3.05) is 0 Å². The minimum atomic E-state index is -1.04. The second kappa shape index (κ2) is 9.52. The normalized spacial score (nSPS) is 17.3. The average molecular weight is 408 g/mol. The molecule has 1 fully saturated rings. The number of ether oxygens (including phenoxy) is 1. The molecular formula is C20H16N4O4S. The van der Waals surface area contributed by atoms with E-state index in [0.29, 0.717) is 17.9 Å². The van der Waals surface area contributed by atoms with Crippen LogP contribution in [-0.2, 0) is 16.2 Å². The lowest BCUT2D eigenvalue weighted by Crippen LogP contribution is -2.26. The zero-order valence-corrected chi connectivity index (χ0v) is 15.9. The predicted molar refractivity (Wildman–Crippen MR) is 109 cm³/mol. The second-order valence-corrected chi connectivity index (χ2v) is 7.21. The Hall–Kier alpha value is -3.64. The molecule has 146 valence electrons. The molecule has 1 unspecified atom stereocenters. The van der Waals surface area contributed by atoms with E-state index >= 15 is 0 Å². The molecule has 0 aliphatic carbocycles. The highest BCUT2D eigenvalue weighted by molar-refractivity contribution is 8.15. The summed E-state index contributed by atoms with van der Waals surface area (Å²) in [6.07, 6.45) is 1.24. The molecule has 29 heavy (non-hydrogen) atoms. The standard InChI is InChI=1S/C20H16N4O4S/c21-10-13-3-1-5-15(7-13)12-28-16-6-2-4-14(8-16)11-22-24-20-23-19(27)17(29-20)9-18(25)26/h1-8,11,17H,9,12H2,(H,25,26)(H,23,24,27). The van der Waals surface area contributed by atoms with Crippen molar-refractivity contribution in [3.8, 4) is 11.8 Å². The van der Waals surface area contributed by atoms with Crippen LogP contribution in [0.15, 0.2) is 58.7 Å². The Morgan fingerprint density at radius 2 is 2.14 bits per heavy atom. The Morgan fingerprint density at radius 3 is 2.93 bits per heavy atom. The van der Waals surface area contributed by atoms with Crippen molar-refractivity contribution in [1.82, 2.24) is 5.32 Å². The number of rotatable bonds is 7. The molecule has 1 amide bonds. The maximum atomic E-state index is 11.7. The number of nitrogens with zero attached hydrogens (tertiary/aromatic N) is 3. The topological polar surface area (TPSA) is 124 Å². The van der Waals surface area contributed by atoms with Gasteiger partial charge < -0.3 is 15.2 Å². The molecule has 1 atom stereocenters. The van der Waals surface area contributed by atoms with Gasteiger partial charge >= 0.3 is 5.97 Å². The first-order valence-corrected chi connectivity index (χ1v) is 9.43. The van der Waals surface area contributed by atoms with E-state index in [4.69, 9.17) is 15.1 Å². The molecule has 2 N–H and O–H groups in total. The van der Waals surface area contributed by atoms with Crippen LogP contribution in [-0.4, -0.2) is 33.6 Å². The quantitative estimate of drug-likeness (QED) is 0.536. The van der Waals surface area contributed by atoms with Gasteiger partial charge in [0, 0.05) is 0 Å². The van der Waals surface area contributed by atoms with Gasteiger partial charge in [-0.2, -0.15) is 10.4 Å². The Kier molecular flexibility index (Phi) is 6.60. The lowest BCUT2D eigenvalue weighted by atomic mass is 10.1. The highest BCUT2D eigenvalue weighted by Crippen LogP contribution is 2.22. The van der Waals surface area contributed by atoms with Crippen molar-refractivity contribution in [3.05, 3.63) is 65.2 Å². The minimum absolute atomic E-state index is 0.266. The molecular weight excluding hydrogens is 392 g/mol. The summed E-state index contributed by atoms with van der Waals surface area (Å²) in [4.78, 5) is 22.4. The number of carbonyl (C=O) groups excluding carboxylic acids is 1. The number of nitriles is 1. The van der Waals surface area contributed by atoms with Crippen molar-refractivity contribution in [3.63, 3.8) is 0 Å². The highest BCUT2D eigenvalue weighted by atomic mass is 32.2. The van der Waals surface area contributed by atoms with Gasteiger partial charge in [0.15, 0.2) is 5.17 Å². The van der Waals surface area contributed by atoms with Gasteiger partial charge in [-0.15, -0.1) is 5.10 Å². The average Bonchev–Trinajstić information content (AvgIpc) is 3.05. The number of carbonyl (C=O) groups is 2. The van der Waals surface area contributed by atoms with Crippen LogP contribution in [0.5, 0.6) is 5.75 Å². The van der Waals surface area contributed by atoms with Crippen LogP contribution in [0.25, 0.3) is 0 Å². The van der Waals surface area contributed by atoms with E-state index in [1.807, 2.05) is 18.2 Å². The van der Waals surface area contributed by atoms with E-state index in [1.54, 1.807) is 30.3 Å². The van der Waals surface area contributed by atoms with E-state index in [0.717, 1.165) is 22.9 Å². The van der Waals surface area contributed by atoms with Gasteiger partial charge in [-0.25, -0.2) is 0 Å². The number of thioether (sulfide) groups is 1. The van der Waals surface area contributed by atoms with Crippen LogP contribution >= 0.6 is 11.8 Å². The van der Waals surface area contributed by atoms with Crippen LogP contribution < -0.4 is 10.1 Å². The molecule has 1 heterocycles. The number of carboxylic acids is 1. The fourth-order valence-corrected chi connectivity index (χ4v) is 3.39. The van der Waals surface area contributed by atoms with Crippen LogP contribution in [0.4, 0.5) is 0 Å². The molecule has 0 bridgehead atoms. The first kappa shape index (κ1) is 20.1. The molecule has 0 radical (unpaired) electrons. The number of carboxylic acid groups (broad SMARTS) is 1. The van der Waals surface area contributed by atoms with Gasteiger partial charge in [-0.3, -0.25) is 9.59 Å². The zero-order valence-electron chi connectivity index (χ0n) is 15.1. The van der Waals surface area contributed by atoms with E-state index in [1.165, 1.54) is 6.21 Å². The Labute approximate surface area is 170 Å². The van der Waals surface area contributed by atoms with Gasteiger partial charge in [0.25, 0.3) is 0 Å². The van der Waals surface area contributed by atoms with Crippen molar-refractivity contribution in [1.29, 1.82) is 5.26 Å². The van der Waals surface area contributed by atoms with Gasteiger partial charge in [0.1, 0.15) is 17.6 Å². The van der Waals surface area contributed by atoms with Crippen LogP contribution in [0.3, 0.4) is 0 Å². The number of amidine groups is 1. The molecule has 2 aromatic rings. The molecule has 1 saturated heterocycles. The number of amides is 1. The summed E-state index contributed by atoms with van der Waals surface area (Å²) in [5.41, 5.74) is 2.21. The maximum absolute atomic E-state index is 11.7. The fourth-order valence-electron chi connectivity index (χ4n) is 2.48.